The van der Waals surface area contributed by atoms with Crippen LogP contribution in [0.2, 0.25) is 5.15 Å². The van der Waals surface area contributed by atoms with E-state index in [4.69, 9.17) is 17.3 Å². The molecule has 4 heteroatoms. The summed E-state index contributed by atoms with van der Waals surface area (Å²) in [5, 5.41) is 3.93. The van der Waals surface area contributed by atoms with Crippen molar-refractivity contribution in [2.75, 3.05) is 11.1 Å². The normalized spacial score (nSPS) is 17.7. The van der Waals surface area contributed by atoms with Gasteiger partial charge in [-0.25, -0.2) is 4.98 Å². The summed E-state index contributed by atoms with van der Waals surface area (Å²) in [4.78, 5) is 3.93. The van der Waals surface area contributed by atoms with Crippen LogP contribution >= 0.6 is 11.6 Å². The number of aromatic nitrogens is 1. The van der Waals surface area contributed by atoms with E-state index in [1.807, 2.05) is 0 Å². The van der Waals surface area contributed by atoms with Gasteiger partial charge in [0, 0.05) is 12.1 Å². The third-order valence-electron chi connectivity index (χ3n) is 2.87. The van der Waals surface area contributed by atoms with Gasteiger partial charge in [-0.15, -0.1) is 0 Å². The summed E-state index contributed by atoms with van der Waals surface area (Å²) in [6.45, 7) is 0. The zero-order chi connectivity index (χ0) is 10.7. The van der Waals surface area contributed by atoms with Crippen molar-refractivity contribution in [3.63, 3.8) is 0 Å². The Morgan fingerprint density at radius 3 is 2.80 bits per heavy atom. The lowest BCUT2D eigenvalue weighted by atomic mass is 9.95. The van der Waals surface area contributed by atoms with Crippen molar-refractivity contribution >= 4 is 23.0 Å². The summed E-state index contributed by atoms with van der Waals surface area (Å²) in [5.41, 5.74) is 7.41. The van der Waals surface area contributed by atoms with Crippen LogP contribution in [0, 0.1) is 0 Å². The third-order valence-corrected chi connectivity index (χ3v) is 3.07. The first kappa shape index (κ1) is 10.6. The molecule has 0 aliphatic heterocycles. The van der Waals surface area contributed by atoms with Gasteiger partial charge in [0.2, 0.25) is 0 Å². The zero-order valence-electron chi connectivity index (χ0n) is 8.67. The Hall–Kier alpha value is -0.960. The maximum atomic E-state index is 5.83. The van der Waals surface area contributed by atoms with E-state index in [1.165, 1.54) is 32.1 Å². The van der Waals surface area contributed by atoms with Crippen LogP contribution in [0.25, 0.3) is 0 Å². The van der Waals surface area contributed by atoms with Gasteiger partial charge >= 0.3 is 0 Å². The smallest absolute Gasteiger partial charge is 0.131 e. The Labute approximate surface area is 95.0 Å². The van der Waals surface area contributed by atoms with E-state index in [0.29, 0.717) is 16.9 Å². The molecule has 0 saturated heterocycles. The van der Waals surface area contributed by atoms with Crippen LogP contribution in [0.1, 0.15) is 32.1 Å². The van der Waals surface area contributed by atoms with Crippen molar-refractivity contribution < 1.29 is 0 Å². The summed E-state index contributed by atoms with van der Waals surface area (Å²) >= 11 is 5.83. The molecule has 1 fully saturated rings. The molecule has 82 valence electrons. The molecule has 0 bridgehead atoms. The van der Waals surface area contributed by atoms with Crippen LogP contribution in [-0.2, 0) is 0 Å². The molecule has 1 aliphatic carbocycles. The lowest BCUT2D eigenvalue weighted by Crippen LogP contribution is -2.22. The van der Waals surface area contributed by atoms with E-state index in [1.54, 1.807) is 12.3 Å². The number of rotatable bonds is 2. The highest BCUT2D eigenvalue weighted by Gasteiger charge is 2.14. The first-order valence-corrected chi connectivity index (χ1v) is 5.81. The van der Waals surface area contributed by atoms with E-state index in [0.717, 1.165) is 5.69 Å². The first-order valence-electron chi connectivity index (χ1n) is 5.43. The van der Waals surface area contributed by atoms with Crippen molar-refractivity contribution in [3.05, 3.63) is 17.4 Å². The highest BCUT2D eigenvalue weighted by molar-refractivity contribution is 6.29. The van der Waals surface area contributed by atoms with Crippen LogP contribution in [-0.4, -0.2) is 11.0 Å². The molecule has 1 saturated carbocycles. The SMILES string of the molecule is Nc1cnc(Cl)cc1NC1CCCCC1. The molecule has 3 nitrogen and oxygen atoms in total. The lowest BCUT2D eigenvalue weighted by Gasteiger charge is -2.24. The predicted octanol–water partition coefficient (Wildman–Crippen LogP) is 3.06. The Balaban J connectivity index is 2.05. The van der Waals surface area contributed by atoms with E-state index in [-0.39, 0.29) is 0 Å². The number of hydrogen-bond acceptors (Lipinski definition) is 3. The molecule has 0 aromatic carbocycles. The van der Waals surface area contributed by atoms with E-state index < -0.39 is 0 Å². The average molecular weight is 226 g/mol. The van der Waals surface area contributed by atoms with Crippen LogP contribution in [0.3, 0.4) is 0 Å². The molecule has 0 amide bonds. The van der Waals surface area contributed by atoms with Gasteiger partial charge in [0.1, 0.15) is 5.15 Å². The van der Waals surface area contributed by atoms with Crippen LogP contribution in [0.5, 0.6) is 0 Å². The summed E-state index contributed by atoms with van der Waals surface area (Å²) in [6.07, 6.45) is 8.00. The van der Waals surface area contributed by atoms with Crippen LogP contribution in [0.4, 0.5) is 11.4 Å². The Morgan fingerprint density at radius 1 is 1.33 bits per heavy atom. The summed E-state index contributed by atoms with van der Waals surface area (Å²) in [6, 6.07) is 2.34. The number of hydrogen-bond donors (Lipinski definition) is 2. The molecule has 1 aliphatic rings. The topological polar surface area (TPSA) is 50.9 Å². The second-order valence-corrected chi connectivity index (χ2v) is 4.46. The monoisotopic (exact) mass is 225 g/mol. The van der Waals surface area contributed by atoms with Crippen LogP contribution in [0.15, 0.2) is 12.3 Å². The molecule has 0 atom stereocenters. The molecule has 1 heterocycles. The van der Waals surface area contributed by atoms with E-state index in [2.05, 4.69) is 10.3 Å². The largest absolute Gasteiger partial charge is 0.396 e. The van der Waals surface area contributed by atoms with Crippen molar-refractivity contribution in [3.8, 4) is 0 Å². The summed E-state index contributed by atoms with van der Waals surface area (Å²) < 4.78 is 0. The molecule has 3 N–H and O–H groups in total. The molecule has 1 aromatic rings. The fourth-order valence-electron chi connectivity index (χ4n) is 2.03. The number of nitrogen functional groups attached to an aromatic ring is 1. The number of nitrogens with one attached hydrogen (secondary N) is 1. The van der Waals surface area contributed by atoms with Crippen LogP contribution < -0.4 is 11.1 Å². The number of nitrogens with zero attached hydrogens (tertiary/aromatic N) is 1. The van der Waals surface area contributed by atoms with E-state index in [9.17, 15) is 0 Å². The fraction of sp³-hybridized carbons (Fsp3) is 0.545. The number of nitrogens with two attached hydrogens (primary N) is 1. The van der Waals surface area contributed by atoms with Crippen molar-refractivity contribution in [2.24, 2.45) is 0 Å². The van der Waals surface area contributed by atoms with Gasteiger partial charge in [0.15, 0.2) is 0 Å². The van der Waals surface area contributed by atoms with Gasteiger partial charge in [0.05, 0.1) is 17.6 Å². The van der Waals surface area contributed by atoms with Gasteiger partial charge in [-0.3, -0.25) is 0 Å². The van der Waals surface area contributed by atoms with E-state index >= 15 is 0 Å². The van der Waals surface area contributed by atoms with Crippen molar-refractivity contribution in [1.29, 1.82) is 0 Å². The van der Waals surface area contributed by atoms with Crippen molar-refractivity contribution in [1.82, 2.24) is 4.98 Å². The third kappa shape index (κ3) is 2.75. The number of anilines is 2. The van der Waals surface area contributed by atoms with Gasteiger partial charge in [-0.1, -0.05) is 30.9 Å². The summed E-state index contributed by atoms with van der Waals surface area (Å²) in [5.74, 6) is 0. The molecule has 2 rings (SSSR count). The van der Waals surface area contributed by atoms with Gasteiger partial charge < -0.3 is 11.1 Å². The predicted molar refractivity (Wildman–Crippen MR) is 64.2 cm³/mol. The second kappa shape index (κ2) is 4.71. The standard InChI is InChI=1S/C11H16ClN3/c12-11-6-10(9(13)7-14-11)15-8-4-2-1-3-5-8/h6-8H,1-5,13H2,(H,14,15). The minimum absolute atomic E-state index is 0.488. The molecule has 0 unspecified atom stereocenters. The zero-order valence-corrected chi connectivity index (χ0v) is 9.43. The maximum absolute atomic E-state index is 5.83. The second-order valence-electron chi connectivity index (χ2n) is 4.07. The van der Waals surface area contributed by atoms with Gasteiger partial charge in [0.25, 0.3) is 0 Å². The maximum Gasteiger partial charge on any atom is 0.131 e. The Bertz CT molecular complexity index is 335. The minimum Gasteiger partial charge on any atom is -0.396 e. The number of pyridine rings is 1. The molecule has 1 aromatic heterocycles. The van der Waals surface area contributed by atoms with Crippen molar-refractivity contribution in [2.45, 2.75) is 38.1 Å². The molecule has 0 radical (unpaired) electrons. The average Bonchev–Trinajstić information content (AvgIpc) is 2.25. The molecular weight excluding hydrogens is 210 g/mol. The molecule has 0 spiro atoms. The van der Waals surface area contributed by atoms with Gasteiger partial charge in [-0.2, -0.15) is 0 Å². The first-order chi connectivity index (χ1) is 7.25. The summed E-state index contributed by atoms with van der Waals surface area (Å²) in [7, 11) is 0. The lowest BCUT2D eigenvalue weighted by molar-refractivity contribution is 0.463. The molecular formula is C11H16ClN3. The number of halogens is 1. The molecule has 15 heavy (non-hydrogen) atoms. The highest BCUT2D eigenvalue weighted by atomic mass is 35.5. The Kier molecular flexibility index (Phi) is 3.31. The quantitative estimate of drug-likeness (QED) is 0.761. The minimum atomic E-state index is 0.488. The Morgan fingerprint density at radius 2 is 2.07 bits per heavy atom. The van der Waals surface area contributed by atoms with Gasteiger partial charge in [-0.05, 0) is 12.8 Å². The highest BCUT2D eigenvalue weighted by Crippen LogP contribution is 2.26. The fourth-order valence-corrected chi connectivity index (χ4v) is 2.19.